The molecule has 0 aliphatic carbocycles. The lowest BCUT2D eigenvalue weighted by molar-refractivity contribution is 0.404. The second kappa shape index (κ2) is 6.05. The minimum Gasteiger partial charge on any atom is -0.469 e. The van der Waals surface area contributed by atoms with Gasteiger partial charge in [-0.05, 0) is 31.3 Å². The van der Waals surface area contributed by atoms with Crippen LogP contribution in [-0.4, -0.2) is 22.0 Å². The molecule has 0 aliphatic heterocycles. The molecule has 0 atom stereocenters. The molecule has 0 aliphatic rings. The van der Waals surface area contributed by atoms with Gasteiger partial charge in [-0.1, -0.05) is 0 Å². The Morgan fingerprint density at radius 1 is 1.21 bits per heavy atom. The summed E-state index contributed by atoms with van der Waals surface area (Å²) in [5.41, 5.74) is 0. The fraction of sp³-hybridized carbons (Fsp3) is 0.333. The zero-order chi connectivity index (χ0) is 13.7. The highest BCUT2D eigenvalue weighted by Crippen LogP contribution is 2.13. The summed E-state index contributed by atoms with van der Waals surface area (Å²) in [6.45, 7) is 0.750. The molecule has 2 aromatic heterocycles. The van der Waals surface area contributed by atoms with Gasteiger partial charge in [0.05, 0.1) is 12.8 Å². The largest absolute Gasteiger partial charge is 0.469 e. The van der Waals surface area contributed by atoms with E-state index in [0.29, 0.717) is 18.7 Å². The average molecular weight is 284 g/mol. The van der Waals surface area contributed by atoms with E-state index in [1.807, 2.05) is 0 Å². The van der Waals surface area contributed by atoms with Crippen LogP contribution in [0.15, 0.2) is 44.5 Å². The fourth-order valence-corrected chi connectivity index (χ4v) is 2.58. The van der Waals surface area contributed by atoms with Crippen molar-refractivity contribution in [2.24, 2.45) is 0 Å². The van der Waals surface area contributed by atoms with E-state index in [0.717, 1.165) is 5.76 Å². The van der Waals surface area contributed by atoms with Gasteiger partial charge in [0.25, 0.3) is 10.0 Å². The molecule has 0 unspecified atom stereocenters. The fourth-order valence-electron chi connectivity index (χ4n) is 1.61. The summed E-state index contributed by atoms with van der Waals surface area (Å²) in [6, 6.07) is 6.64. The van der Waals surface area contributed by atoms with E-state index < -0.39 is 10.0 Å². The normalized spacial score (nSPS) is 11.8. The van der Waals surface area contributed by atoms with Crippen LogP contribution in [0, 0.1) is 0 Å². The van der Waals surface area contributed by atoms with Crippen molar-refractivity contribution in [3.63, 3.8) is 0 Å². The van der Waals surface area contributed by atoms with Crippen LogP contribution in [0.1, 0.15) is 11.5 Å². The standard InChI is InChI=1S/C12H16N2O4S/c1-13-9-11-4-5-12(18-11)19(15,16)14-7-6-10-3-2-8-17-10/h2-5,8,13-14H,6-7,9H2,1H3. The Balaban J connectivity index is 1.93. The third-order valence-corrected chi connectivity index (χ3v) is 3.83. The molecule has 0 amide bonds. The number of rotatable bonds is 7. The molecule has 0 spiro atoms. The molecule has 2 aromatic rings. The van der Waals surface area contributed by atoms with Crippen molar-refractivity contribution in [2.45, 2.75) is 18.1 Å². The minimum atomic E-state index is -3.60. The Morgan fingerprint density at radius 2 is 2.05 bits per heavy atom. The SMILES string of the molecule is CNCc1ccc(S(=O)(=O)NCCc2ccco2)o1. The number of hydrogen-bond acceptors (Lipinski definition) is 5. The molecular weight excluding hydrogens is 268 g/mol. The second-order valence-corrected chi connectivity index (χ2v) is 5.68. The van der Waals surface area contributed by atoms with Crippen molar-refractivity contribution in [3.8, 4) is 0 Å². The van der Waals surface area contributed by atoms with Crippen molar-refractivity contribution in [1.29, 1.82) is 0 Å². The van der Waals surface area contributed by atoms with Crippen LogP contribution < -0.4 is 10.0 Å². The van der Waals surface area contributed by atoms with E-state index in [9.17, 15) is 8.42 Å². The Hall–Kier alpha value is -1.57. The predicted molar refractivity (Wildman–Crippen MR) is 69.1 cm³/mol. The van der Waals surface area contributed by atoms with Gasteiger partial charge in [0, 0.05) is 13.0 Å². The molecular formula is C12H16N2O4S. The summed E-state index contributed by atoms with van der Waals surface area (Å²) in [7, 11) is -1.83. The van der Waals surface area contributed by atoms with Gasteiger partial charge in [0.1, 0.15) is 11.5 Å². The maximum atomic E-state index is 11.9. The van der Waals surface area contributed by atoms with Crippen LogP contribution in [0.4, 0.5) is 0 Å². The topological polar surface area (TPSA) is 84.5 Å². The van der Waals surface area contributed by atoms with Crippen molar-refractivity contribution in [2.75, 3.05) is 13.6 Å². The van der Waals surface area contributed by atoms with Gasteiger partial charge >= 0.3 is 0 Å². The highest BCUT2D eigenvalue weighted by molar-refractivity contribution is 7.89. The van der Waals surface area contributed by atoms with Gasteiger partial charge in [-0.3, -0.25) is 0 Å². The van der Waals surface area contributed by atoms with Crippen molar-refractivity contribution in [1.82, 2.24) is 10.0 Å². The molecule has 0 bridgehead atoms. The summed E-state index contributed by atoms with van der Waals surface area (Å²) in [5, 5.41) is 2.82. The van der Waals surface area contributed by atoms with E-state index in [-0.39, 0.29) is 11.6 Å². The molecule has 0 saturated carbocycles. The van der Waals surface area contributed by atoms with Gasteiger partial charge in [0.2, 0.25) is 5.09 Å². The van der Waals surface area contributed by atoms with Gasteiger partial charge in [-0.15, -0.1) is 0 Å². The molecule has 0 saturated heterocycles. The lowest BCUT2D eigenvalue weighted by atomic mass is 10.3. The van der Waals surface area contributed by atoms with Crippen LogP contribution >= 0.6 is 0 Å². The average Bonchev–Trinajstić information content (AvgIpc) is 3.00. The van der Waals surface area contributed by atoms with Crippen LogP contribution in [0.25, 0.3) is 0 Å². The van der Waals surface area contributed by atoms with E-state index in [2.05, 4.69) is 10.0 Å². The molecule has 19 heavy (non-hydrogen) atoms. The van der Waals surface area contributed by atoms with Crippen LogP contribution in [0.3, 0.4) is 0 Å². The Kier molecular flexibility index (Phi) is 4.41. The third kappa shape index (κ3) is 3.69. The summed E-state index contributed by atoms with van der Waals surface area (Å²) >= 11 is 0. The lowest BCUT2D eigenvalue weighted by Gasteiger charge is -2.02. The quantitative estimate of drug-likeness (QED) is 0.795. The summed E-state index contributed by atoms with van der Waals surface area (Å²) in [5.74, 6) is 1.31. The molecule has 104 valence electrons. The smallest absolute Gasteiger partial charge is 0.273 e. The first-order chi connectivity index (χ1) is 9.12. The molecule has 2 heterocycles. The van der Waals surface area contributed by atoms with Gasteiger partial charge in [-0.25, -0.2) is 13.1 Å². The Morgan fingerprint density at radius 3 is 2.74 bits per heavy atom. The first kappa shape index (κ1) is 13.9. The molecule has 6 nitrogen and oxygen atoms in total. The van der Waals surface area contributed by atoms with Gasteiger partial charge < -0.3 is 14.2 Å². The zero-order valence-corrected chi connectivity index (χ0v) is 11.4. The minimum absolute atomic E-state index is 0.0720. The van der Waals surface area contributed by atoms with E-state index in [1.54, 1.807) is 31.5 Å². The lowest BCUT2D eigenvalue weighted by Crippen LogP contribution is -2.25. The number of nitrogens with one attached hydrogen (secondary N) is 2. The monoisotopic (exact) mass is 284 g/mol. The van der Waals surface area contributed by atoms with Gasteiger partial charge in [0.15, 0.2) is 0 Å². The Labute approximate surface area is 111 Å². The van der Waals surface area contributed by atoms with Crippen LogP contribution in [0.2, 0.25) is 0 Å². The molecule has 2 N–H and O–H groups in total. The summed E-state index contributed by atoms with van der Waals surface area (Å²) in [6.07, 6.45) is 2.05. The Bertz CT molecular complexity index is 601. The van der Waals surface area contributed by atoms with E-state index in [1.165, 1.54) is 6.07 Å². The van der Waals surface area contributed by atoms with Crippen molar-refractivity contribution < 1.29 is 17.3 Å². The zero-order valence-electron chi connectivity index (χ0n) is 10.5. The molecule has 7 heteroatoms. The predicted octanol–water partition coefficient (Wildman–Crippen LogP) is 1.11. The van der Waals surface area contributed by atoms with Crippen molar-refractivity contribution >= 4 is 10.0 Å². The van der Waals surface area contributed by atoms with Crippen LogP contribution in [0.5, 0.6) is 0 Å². The highest BCUT2D eigenvalue weighted by atomic mass is 32.2. The summed E-state index contributed by atoms with van der Waals surface area (Å²) < 4.78 is 36.7. The van der Waals surface area contributed by atoms with E-state index >= 15 is 0 Å². The maximum Gasteiger partial charge on any atom is 0.273 e. The van der Waals surface area contributed by atoms with Crippen LogP contribution in [-0.2, 0) is 23.0 Å². The summed E-state index contributed by atoms with van der Waals surface area (Å²) in [4.78, 5) is 0. The molecule has 0 aromatic carbocycles. The van der Waals surface area contributed by atoms with E-state index in [4.69, 9.17) is 8.83 Å². The molecule has 2 rings (SSSR count). The second-order valence-electron chi connectivity index (χ2n) is 3.98. The molecule has 0 radical (unpaired) electrons. The van der Waals surface area contributed by atoms with Gasteiger partial charge in [-0.2, -0.15) is 0 Å². The van der Waals surface area contributed by atoms with Crippen molar-refractivity contribution in [3.05, 3.63) is 42.0 Å². The number of sulfonamides is 1. The maximum absolute atomic E-state index is 11.9. The first-order valence-corrected chi connectivity index (χ1v) is 7.35. The molecule has 0 fully saturated rings. The number of furan rings is 2. The highest BCUT2D eigenvalue weighted by Gasteiger charge is 2.18. The first-order valence-electron chi connectivity index (χ1n) is 5.87. The third-order valence-electron chi connectivity index (χ3n) is 2.50. The number of hydrogen-bond donors (Lipinski definition) is 2.